The first-order valence-corrected chi connectivity index (χ1v) is 11.6. The van der Waals surface area contributed by atoms with Crippen molar-refractivity contribution in [1.82, 2.24) is 9.88 Å². The third-order valence-electron chi connectivity index (χ3n) is 5.87. The van der Waals surface area contributed by atoms with Crippen molar-refractivity contribution in [3.05, 3.63) is 88.7 Å². The largest absolute Gasteiger partial charge is 0.457 e. The van der Waals surface area contributed by atoms with E-state index >= 15 is 0 Å². The molecule has 1 amide bonds. The van der Waals surface area contributed by atoms with Crippen LogP contribution in [0.3, 0.4) is 0 Å². The van der Waals surface area contributed by atoms with Crippen LogP contribution in [0, 0.1) is 5.92 Å². The van der Waals surface area contributed by atoms with Gasteiger partial charge in [-0.05, 0) is 43.2 Å². The number of ether oxygens (including phenoxy) is 2. The van der Waals surface area contributed by atoms with Crippen molar-refractivity contribution in [3.63, 3.8) is 0 Å². The summed E-state index contributed by atoms with van der Waals surface area (Å²) in [5.74, 6) is 1.98. The molecule has 0 bridgehead atoms. The second-order valence-corrected chi connectivity index (χ2v) is 8.55. The van der Waals surface area contributed by atoms with Gasteiger partial charge >= 0.3 is 0 Å². The molecule has 4 rings (SSSR count). The van der Waals surface area contributed by atoms with Crippen LogP contribution < -0.4 is 20.9 Å². The Morgan fingerprint density at radius 1 is 1.20 bits per heavy atom. The number of para-hydroxylation sites is 2. The summed E-state index contributed by atoms with van der Waals surface area (Å²) >= 11 is 0. The summed E-state index contributed by atoms with van der Waals surface area (Å²) in [4.78, 5) is 28.7. The monoisotopic (exact) mass is 474 g/mol. The van der Waals surface area contributed by atoms with E-state index in [0.717, 1.165) is 29.8 Å². The minimum atomic E-state index is -0.192. The van der Waals surface area contributed by atoms with Gasteiger partial charge in [-0.2, -0.15) is 0 Å². The van der Waals surface area contributed by atoms with Crippen LogP contribution in [0.1, 0.15) is 25.3 Å². The molecule has 8 nitrogen and oxygen atoms in total. The van der Waals surface area contributed by atoms with Crippen molar-refractivity contribution < 1.29 is 14.3 Å². The molecule has 182 valence electrons. The third-order valence-corrected chi connectivity index (χ3v) is 5.87. The second kappa shape index (κ2) is 11.0. The molecule has 2 aromatic rings. The first kappa shape index (κ1) is 24.2. The number of allylic oxidation sites excluding steroid dienone is 3. The van der Waals surface area contributed by atoms with Crippen LogP contribution in [0.2, 0.25) is 0 Å². The van der Waals surface area contributed by atoms with Crippen LogP contribution in [-0.2, 0) is 16.6 Å². The summed E-state index contributed by atoms with van der Waals surface area (Å²) in [6.45, 7) is 7.24. The van der Waals surface area contributed by atoms with Crippen LogP contribution in [0.25, 0.3) is 5.57 Å². The zero-order chi connectivity index (χ0) is 24.8. The number of benzene rings is 1. The molecule has 0 unspecified atom stereocenters. The number of aromatic nitrogens is 1. The Balaban J connectivity index is 1.81. The lowest BCUT2D eigenvalue weighted by atomic mass is 9.98. The number of carbonyl (C=O) groups is 1. The molecule has 1 aromatic heterocycles. The van der Waals surface area contributed by atoms with Gasteiger partial charge in [0, 0.05) is 62.2 Å². The topological polar surface area (TPSA) is 94.0 Å². The molecule has 0 aliphatic carbocycles. The normalized spacial score (nSPS) is 21.5. The van der Waals surface area contributed by atoms with E-state index in [1.165, 1.54) is 17.6 Å². The number of carbonyl (C=O) groups excluding carboxylic acids is 1. The summed E-state index contributed by atoms with van der Waals surface area (Å²) in [7, 11) is 1.71. The van der Waals surface area contributed by atoms with Gasteiger partial charge in [-0.15, -0.1) is 0 Å². The van der Waals surface area contributed by atoms with E-state index in [-0.39, 0.29) is 23.9 Å². The summed E-state index contributed by atoms with van der Waals surface area (Å²) < 4.78 is 13.5. The van der Waals surface area contributed by atoms with E-state index in [1.807, 2.05) is 24.3 Å². The molecule has 1 fully saturated rings. The Morgan fingerprint density at radius 3 is 2.71 bits per heavy atom. The summed E-state index contributed by atoms with van der Waals surface area (Å²) in [6, 6.07) is 10.6. The Labute approximate surface area is 204 Å². The maximum Gasteiger partial charge on any atom is 0.250 e. The van der Waals surface area contributed by atoms with Crippen molar-refractivity contribution in [3.8, 4) is 5.75 Å². The number of nitrogens with one attached hydrogen (secondary N) is 2. The van der Waals surface area contributed by atoms with E-state index in [2.05, 4.69) is 17.2 Å². The van der Waals surface area contributed by atoms with Gasteiger partial charge in [-0.1, -0.05) is 18.7 Å². The van der Waals surface area contributed by atoms with Crippen LogP contribution in [-0.4, -0.2) is 36.1 Å². The molecular weight excluding hydrogens is 444 g/mol. The van der Waals surface area contributed by atoms with Gasteiger partial charge in [0.25, 0.3) is 0 Å². The first-order valence-electron chi connectivity index (χ1n) is 11.6. The SMILES string of the molecule is C=C1/C=C\C(c2ccc(=O)n(C)c2)=C(\Oc2ccccc2NC(C)=O)C/N=C(/C2CCOCC2)N1. The van der Waals surface area contributed by atoms with Crippen molar-refractivity contribution in [1.29, 1.82) is 0 Å². The minimum Gasteiger partial charge on any atom is -0.457 e. The number of aliphatic imine (C=N–C) groups is 1. The van der Waals surface area contributed by atoms with Crippen LogP contribution >= 0.6 is 0 Å². The molecule has 0 spiro atoms. The number of anilines is 1. The van der Waals surface area contributed by atoms with Crippen molar-refractivity contribution >= 4 is 23.0 Å². The van der Waals surface area contributed by atoms with Crippen LogP contribution in [0.5, 0.6) is 5.75 Å². The quantitative estimate of drug-likeness (QED) is 0.690. The Bertz CT molecular complexity index is 1270. The molecule has 0 saturated carbocycles. The molecule has 2 aliphatic heterocycles. The molecule has 1 aromatic carbocycles. The molecule has 1 saturated heterocycles. The number of aryl methyl sites for hydroxylation is 1. The Kier molecular flexibility index (Phi) is 7.62. The lowest BCUT2D eigenvalue weighted by molar-refractivity contribution is -0.114. The van der Waals surface area contributed by atoms with E-state index in [4.69, 9.17) is 14.5 Å². The average Bonchev–Trinajstić information content (AvgIpc) is 2.92. The van der Waals surface area contributed by atoms with Gasteiger partial charge in [0.1, 0.15) is 11.6 Å². The molecule has 35 heavy (non-hydrogen) atoms. The summed E-state index contributed by atoms with van der Waals surface area (Å²) in [6.07, 6.45) is 7.31. The Morgan fingerprint density at radius 2 is 1.97 bits per heavy atom. The highest BCUT2D eigenvalue weighted by Crippen LogP contribution is 2.30. The molecule has 2 aliphatic rings. The number of nitrogens with zero attached hydrogens (tertiary/aromatic N) is 2. The minimum absolute atomic E-state index is 0.106. The zero-order valence-electron chi connectivity index (χ0n) is 20.0. The molecule has 2 N–H and O–H groups in total. The van der Waals surface area contributed by atoms with Crippen molar-refractivity contribution in [2.45, 2.75) is 19.8 Å². The van der Waals surface area contributed by atoms with E-state index in [1.54, 1.807) is 31.4 Å². The number of amidine groups is 1. The van der Waals surface area contributed by atoms with E-state index in [0.29, 0.717) is 36.1 Å². The number of hydrogen-bond acceptors (Lipinski definition) is 6. The van der Waals surface area contributed by atoms with Crippen molar-refractivity contribution in [2.75, 3.05) is 25.1 Å². The second-order valence-electron chi connectivity index (χ2n) is 8.55. The lowest BCUT2D eigenvalue weighted by Gasteiger charge is -2.24. The van der Waals surface area contributed by atoms with Crippen molar-refractivity contribution in [2.24, 2.45) is 18.0 Å². The highest BCUT2D eigenvalue weighted by molar-refractivity contribution is 5.90. The van der Waals surface area contributed by atoms with Gasteiger partial charge in [0.05, 0.1) is 12.2 Å². The predicted molar refractivity (Wildman–Crippen MR) is 137 cm³/mol. The summed E-state index contributed by atoms with van der Waals surface area (Å²) in [5.41, 5.74) is 2.72. The van der Waals surface area contributed by atoms with Gasteiger partial charge < -0.3 is 24.7 Å². The molecule has 8 heteroatoms. The average molecular weight is 475 g/mol. The smallest absolute Gasteiger partial charge is 0.250 e. The fourth-order valence-corrected chi connectivity index (χ4v) is 4.05. The number of hydrogen-bond donors (Lipinski definition) is 2. The fourth-order valence-electron chi connectivity index (χ4n) is 4.05. The van der Waals surface area contributed by atoms with E-state index in [9.17, 15) is 9.59 Å². The maximum atomic E-state index is 12.0. The number of rotatable bonds is 5. The van der Waals surface area contributed by atoms with Gasteiger partial charge in [-0.25, -0.2) is 0 Å². The maximum absolute atomic E-state index is 12.0. The number of amides is 1. The zero-order valence-corrected chi connectivity index (χ0v) is 20.0. The van der Waals surface area contributed by atoms with E-state index < -0.39 is 0 Å². The lowest BCUT2D eigenvalue weighted by Crippen LogP contribution is -2.34. The molecule has 3 heterocycles. The fraction of sp³-hybridized carbons (Fsp3) is 0.296. The van der Waals surface area contributed by atoms with Gasteiger partial charge in [-0.3, -0.25) is 14.6 Å². The van der Waals surface area contributed by atoms with Crippen LogP contribution in [0.4, 0.5) is 5.69 Å². The highest BCUT2D eigenvalue weighted by Gasteiger charge is 2.22. The molecular formula is C27H30N4O4. The highest BCUT2D eigenvalue weighted by atomic mass is 16.5. The molecule has 0 atom stereocenters. The number of pyridine rings is 1. The first-order chi connectivity index (χ1) is 16.9. The van der Waals surface area contributed by atoms with Gasteiger partial charge in [0.2, 0.25) is 11.5 Å². The predicted octanol–water partition coefficient (Wildman–Crippen LogP) is 3.63. The Hall–Kier alpha value is -3.91. The van der Waals surface area contributed by atoms with Crippen LogP contribution in [0.15, 0.2) is 82.6 Å². The third kappa shape index (κ3) is 6.16. The van der Waals surface area contributed by atoms with Gasteiger partial charge in [0.15, 0.2) is 5.75 Å². The summed E-state index contributed by atoms with van der Waals surface area (Å²) in [5, 5.41) is 6.18. The molecule has 0 radical (unpaired) electrons. The standard InChI is InChI=1S/C27H30N4O4/c1-18-8-10-22(21-9-11-26(33)31(3)17-21)25(16-28-27(29-18)20-12-14-34-15-13-20)35-24-7-5-4-6-23(24)30-19(2)32/h4-11,17,20H,1,12-16H2,2-3H3,(H,28,29)(H,30,32)/b10-8-,25-22-.